The Hall–Kier alpha value is -6.21. The van der Waals surface area contributed by atoms with Crippen LogP contribution in [0.5, 0.6) is 0 Å². The number of benzene rings is 4. The van der Waals surface area contributed by atoms with Crippen molar-refractivity contribution in [2.24, 2.45) is 0 Å². The molecular formula is C46H46N4O8S. The van der Waals surface area contributed by atoms with Crippen molar-refractivity contribution >= 4 is 58.7 Å². The number of rotatable bonds is 12. The quantitative estimate of drug-likeness (QED) is 0.0770. The fraction of sp³-hybridized carbons (Fsp3) is 0.304. The zero-order chi connectivity index (χ0) is 42.4. The first kappa shape index (κ1) is 42.4. The van der Waals surface area contributed by atoms with Gasteiger partial charge in [-0.05, 0) is 69.5 Å². The van der Waals surface area contributed by atoms with E-state index in [1.807, 2.05) is 52.0 Å². The molecule has 4 aromatic rings. The number of nitro benzene ring substituents is 2. The van der Waals surface area contributed by atoms with Gasteiger partial charge in [-0.15, -0.1) is 0 Å². The van der Waals surface area contributed by atoms with Gasteiger partial charge >= 0.3 is 0 Å². The van der Waals surface area contributed by atoms with Crippen molar-refractivity contribution in [1.82, 2.24) is 9.80 Å². The molecule has 2 aliphatic heterocycles. The van der Waals surface area contributed by atoms with E-state index in [9.17, 15) is 39.4 Å². The average Bonchev–Trinajstić information content (AvgIpc) is 3.22. The second kappa shape index (κ2) is 18.6. The Morgan fingerprint density at radius 1 is 0.593 bits per heavy atom. The van der Waals surface area contributed by atoms with Crippen molar-refractivity contribution in [2.75, 3.05) is 26.2 Å². The molecule has 0 spiro atoms. The summed E-state index contributed by atoms with van der Waals surface area (Å²) in [5.74, 6) is -0.483. The molecule has 0 N–H and O–H groups in total. The number of carbonyl (C=O) groups is 4. The highest BCUT2D eigenvalue weighted by atomic mass is 32.2. The predicted octanol–water partition coefficient (Wildman–Crippen LogP) is 9.64. The number of nitro groups is 2. The fourth-order valence-corrected chi connectivity index (χ4v) is 8.66. The third-order valence-corrected chi connectivity index (χ3v) is 11.8. The van der Waals surface area contributed by atoms with Gasteiger partial charge in [0.25, 0.3) is 11.4 Å². The molecule has 59 heavy (non-hydrogen) atoms. The standard InChI is InChI=1S/C46H46N4O8S/c1-29(2)35-9-5-7-11-37(35)43-31(15-19-41(53)47-25-21-33(51)22-26-47)13-17-39(45(43)49(55)56)59-40-18-14-32(16-20-42(54)48-27-23-34(52)24-28-48)44(46(40)50(57)58)38-12-8-6-10-36(38)30(3)4/h5-20,29-30H,21-28H2,1-4H3/b19-15+,20-16+. The van der Waals surface area contributed by atoms with Crippen LogP contribution in [0.4, 0.5) is 11.4 Å². The number of Topliss-reactive ketones (excluding diaryl/α,β-unsaturated/α-hetero) is 2. The highest BCUT2D eigenvalue weighted by Crippen LogP contribution is 2.50. The molecule has 0 unspecified atom stereocenters. The van der Waals surface area contributed by atoms with Crippen molar-refractivity contribution in [3.8, 4) is 22.3 Å². The molecule has 12 nitrogen and oxygen atoms in total. The number of hydrogen-bond donors (Lipinski definition) is 0. The molecule has 2 amide bonds. The number of carbonyl (C=O) groups excluding carboxylic acids is 4. The van der Waals surface area contributed by atoms with Gasteiger partial charge in [0.15, 0.2) is 0 Å². The van der Waals surface area contributed by atoms with Gasteiger partial charge in [-0.2, -0.15) is 0 Å². The van der Waals surface area contributed by atoms with Crippen molar-refractivity contribution in [3.63, 3.8) is 0 Å². The largest absolute Gasteiger partial charge is 0.338 e. The maximum Gasteiger partial charge on any atom is 0.291 e. The smallest absolute Gasteiger partial charge is 0.291 e. The summed E-state index contributed by atoms with van der Waals surface area (Å²) < 4.78 is 0. The maximum absolute atomic E-state index is 13.3. The van der Waals surface area contributed by atoms with Crippen LogP contribution in [0.1, 0.15) is 87.5 Å². The topological polar surface area (TPSA) is 161 Å². The van der Waals surface area contributed by atoms with Crippen LogP contribution in [0.3, 0.4) is 0 Å². The predicted molar refractivity (Wildman–Crippen MR) is 229 cm³/mol. The lowest BCUT2D eigenvalue weighted by molar-refractivity contribution is -0.387. The molecule has 2 aliphatic rings. The highest BCUT2D eigenvalue weighted by molar-refractivity contribution is 7.99. The lowest BCUT2D eigenvalue weighted by Gasteiger charge is -2.24. The van der Waals surface area contributed by atoms with E-state index < -0.39 is 9.85 Å². The van der Waals surface area contributed by atoms with Crippen LogP contribution in [0.25, 0.3) is 34.4 Å². The highest BCUT2D eigenvalue weighted by Gasteiger charge is 2.32. The SMILES string of the molecule is CC(C)c1ccccc1-c1c(/C=C/C(=O)N2CCC(=O)CC2)ccc(Sc2ccc(/C=C/C(=O)N3CCC(=O)CC3)c(-c3ccccc3C(C)C)c2[N+](=O)[O-])c1[N+](=O)[O-]. The molecule has 0 aromatic heterocycles. The normalized spacial score (nSPS) is 14.9. The summed E-state index contributed by atoms with van der Waals surface area (Å²) in [7, 11) is 0. The van der Waals surface area contributed by atoms with Crippen LogP contribution in [0, 0.1) is 20.2 Å². The number of hydrogen-bond acceptors (Lipinski definition) is 9. The molecule has 13 heteroatoms. The second-order valence-corrected chi connectivity index (χ2v) is 16.3. The van der Waals surface area contributed by atoms with Gasteiger partial charge in [0.2, 0.25) is 11.8 Å². The Balaban J connectivity index is 1.52. The summed E-state index contributed by atoms with van der Waals surface area (Å²) in [4.78, 5) is 79.2. The first-order valence-corrected chi connectivity index (χ1v) is 20.5. The fourth-order valence-electron chi connectivity index (χ4n) is 7.61. The van der Waals surface area contributed by atoms with Crippen molar-refractivity contribution in [3.05, 3.63) is 127 Å². The minimum Gasteiger partial charge on any atom is -0.338 e. The van der Waals surface area contributed by atoms with E-state index in [0.717, 1.165) is 22.9 Å². The van der Waals surface area contributed by atoms with E-state index in [2.05, 4.69) is 0 Å². The van der Waals surface area contributed by atoms with Crippen LogP contribution in [0.2, 0.25) is 0 Å². The van der Waals surface area contributed by atoms with E-state index in [1.54, 1.807) is 70.5 Å². The summed E-state index contributed by atoms with van der Waals surface area (Å²) in [6.07, 6.45) is 6.95. The number of ketones is 2. The number of piperidine rings is 2. The van der Waals surface area contributed by atoms with Crippen molar-refractivity contribution < 1.29 is 29.0 Å². The molecule has 304 valence electrons. The third kappa shape index (κ3) is 9.58. The first-order chi connectivity index (χ1) is 28.2. The maximum atomic E-state index is 13.3. The van der Waals surface area contributed by atoms with Crippen molar-refractivity contribution in [1.29, 1.82) is 0 Å². The van der Waals surface area contributed by atoms with Gasteiger partial charge in [-0.3, -0.25) is 39.4 Å². The summed E-state index contributed by atoms with van der Waals surface area (Å²) >= 11 is 0.910. The number of nitrogens with zero attached hydrogens (tertiary/aromatic N) is 4. The monoisotopic (exact) mass is 814 g/mol. The van der Waals surface area contributed by atoms with Gasteiger partial charge in [-0.1, -0.05) is 100 Å². The first-order valence-electron chi connectivity index (χ1n) is 19.7. The van der Waals surface area contributed by atoms with E-state index in [1.165, 1.54) is 12.2 Å². The molecule has 0 radical (unpaired) electrons. The summed E-state index contributed by atoms with van der Waals surface area (Å²) in [5, 5.41) is 26.6. The molecule has 0 saturated carbocycles. The molecular weight excluding hydrogens is 769 g/mol. The van der Waals surface area contributed by atoms with Gasteiger partial charge in [-0.25, -0.2) is 0 Å². The lowest BCUT2D eigenvalue weighted by Crippen LogP contribution is -2.37. The molecule has 0 atom stereocenters. The molecule has 2 heterocycles. The molecule has 2 fully saturated rings. The van der Waals surface area contributed by atoms with E-state index in [4.69, 9.17) is 0 Å². The Labute approximate surface area is 347 Å². The molecule has 4 aromatic carbocycles. The van der Waals surface area contributed by atoms with Crippen LogP contribution >= 0.6 is 11.8 Å². The van der Waals surface area contributed by atoms with Crippen LogP contribution in [-0.2, 0) is 19.2 Å². The Kier molecular flexibility index (Phi) is 13.4. The molecule has 0 bridgehead atoms. The molecule has 6 rings (SSSR count). The van der Waals surface area contributed by atoms with Gasteiger partial charge < -0.3 is 9.80 Å². The minimum absolute atomic E-state index is 0.0268. The van der Waals surface area contributed by atoms with Gasteiger partial charge in [0.1, 0.15) is 11.6 Å². The number of likely N-dealkylation sites (tertiary alicyclic amines) is 2. The summed E-state index contributed by atoms with van der Waals surface area (Å²) in [6.45, 7) is 9.13. The van der Waals surface area contributed by atoms with Crippen molar-refractivity contribution in [2.45, 2.75) is 75.0 Å². The van der Waals surface area contributed by atoms with Gasteiger partial charge in [0, 0.05) is 64.0 Å². The average molecular weight is 815 g/mol. The summed E-state index contributed by atoms with van der Waals surface area (Å²) in [6, 6.07) is 21.2. The second-order valence-electron chi connectivity index (χ2n) is 15.2. The zero-order valence-electron chi connectivity index (χ0n) is 33.5. The Morgan fingerprint density at radius 2 is 0.949 bits per heavy atom. The van der Waals surface area contributed by atoms with E-state index in [0.29, 0.717) is 48.4 Å². The third-order valence-electron chi connectivity index (χ3n) is 10.7. The van der Waals surface area contributed by atoms with E-state index in [-0.39, 0.29) is 93.2 Å². The molecule has 2 saturated heterocycles. The minimum atomic E-state index is -0.484. The Bertz CT molecular complexity index is 2220. The Morgan fingerprint density at radius 3 is 1.29 bits per heavy atom. The lowest BCUT2D eigenvalue weighted by atomic mass is 9.89. The van der Waals surface area contributed by atoms with Crippen LogP contribution < -0.4 is 0 Å². The van der Waals surface area contributed by atoms with Gasteiger partial charge in [0.05, 0.1) is 30.8 Å². The number of amides is 2. The molecule has 0 aliphatic carbocycles. The van der Waals surface area contributed by atoms with Crippen LogP contribution in [0.15, 0.2) is 94.7 Å². The van der Waals surface area contributed by atoms with E-state index >= 15 is 0 Å². The zero-order valence-corrected chi connectivity index (χ0v) is 34.3. The summed E-state index contributed by atoms with van der Waals surface area (Å²) in [5.41, 5.74) is 3.71. The van der Waals surface area contributed by atoms with Crippen LogP contribution in [-0.4, -0.2) is 69.2 Å².